The Morgan fingerprint density at radius 3 is 2.71 bits per heavy atom. The fraction of sp³-hybridized carbons (Fsp3) is 0.421. The molecule has 0 spiro atoms. The number of H-pyrrole nitrogens is 1. The first-order valence-electron chi connectivity index (χ1n) is 8.32. The Kier molecular flexibility index (Phi) is 4.03. The lowest BCUT2D eigenvalue weighted by Gasteiger charge is -2.28. The quantitative estimate of drug-likeness (QED) is 0.807. The SMILES string of the molecule is CC(C)(C)CCN1C(=O)C(N)=C(O)C1Cc1c[nH]c2ccccc12. The van der Waals surface area contributed by atoms with Crippen molar-refractivity contribution < 1.29 is 9.90 Å². The van der Waals surface area contributed by atoms with Crippen molar-refractivity contribution in [3.63, 3.8) is 0 Å². The molecule has 5 nitrogen and oxygen atoms in total. The highest BCUT2D eigenvalue weighted by atomic mass is 16.3. The van der Waals surface area contributed by atoms with Crippen molar-refractivity contribution in [2.45, 2.75) is 39.7 Å². The van der Waals surface area contributed by atoms with Gasteiger partial charge >= 0.3 is 0 Å². The number of rotatable bonds is 4. The summed E-state index contributed by atoms with van der Waals surface area (Å²) >= 11 is 0. The van der Waals surface area contributed by atoms with E-state index in [9.17, 15) is 9.90 Å². The summed E-state index contributed by atoms with van der Waals surface area (Å²) in [6.45, 7) is 7.00. The van der Waals surface area contributed by atoms with Crippen molar-refractivity contribution in [3.05, 3.63) is 47.5 Å². The van der Waals surface area contributed by atoms with Crippen LogP contribution in [-0.4, -0.2) is 33.5 Å². The normalized spacial score (nSPS) is 18.9. The Morgan fingerprint density at radius 2 is 2.00 bits per heavy atom. The minimum atomic E-state index is -0.390. The van der Waals surface area contributed by atoms with Gasteiger partial charge in [0.05, 0.1) is 6.04 Å². The molecule has 0 fully saturated rings. The smallest absolute Gasteiger partial charge is 0.273 e. The molecule has 2 aromatic rings. The molecule has 1 unspecified atom stereocenters. The van der Waals surface area contributed by atoms with Crippen LogP contribution in [0.3, 0.4) is 0 Å². The van der Waals surface area contributed by atoms with Crippen molar-refractivity contribution in [2.24, 2.45) is 11.1 Å². The molecule has 3 rings (SSSR count). The predicted octanol–water partition coefficient (Wildman–Crippen LogP) is 3.09. The average molecular weight is 327 g/mol. The number of hydrogen-bond donors (Lipinski definition) is 3. The van der Waals surface area contributed by atoms with Crippen LogP contribution in [0.2, 0.25) is 0 Å². The summed E-state index contributed by atoms with van der Waals surface area (Å²) in [5.74, 6) is -0.263. The molecule has 1 aliphatic heterocycles. The van der Waals surface area contributed by atoms with E-state index in [1.807, 2.05) is 30.5 Å². The number of nitrogens with zero attached hydrogens (tertiary/aromatic N) is 1. The summed E-state index contributed by atoms with van der Waals surface area (Å²) in [5.41, 5.74) is 8.03. The molecule has 128 valence electrons. The highest BCUT2D eigenvalue weighted by Crippen LogP contribution is 2.29. The average Bonchev–Trinajstić information content (AvgIpc) is 3.02. The van der Waals surface area contributed by atoms with Crippen LogP contribution in [0.4, 0.5) is 0 Å². The molecule has 4 N–H and O–H groups in total. The summed E-state index contributed by atoms with van der Waals surface area (Å²) in [6, 6.07) is 7.63. The summed E-state index contributed by atoms with van der Waals surface area (Å²) < 4.78 is 0. The molecule has 24 heavy (non-hydrogen) atoms. The van der Waals surface area contributed by atoms with Crippen molar-refractivity contribution >= 4 is 16.8 Å². The molecule has 1 atom stereocenters. The third-order valence-corrected chi connectivity index (χ3v) is 4.65. The van der Waals surface area contributed by atoms with Gasteiger partial charge in [0.1, 0.15) is 11.5 Å². The Hall–Kier alpha value is -2.43. The Morgan fingerprint density at radius 1 is 1.29 bits per heavy atom. The van der Waals surface area contributed by atoms with Gasteiger partial charge in [-0.05, 0) is 23.5 Å². The molecule has 1 aromatic heterocycles. The van der Waals surface area contributed by atoms with E-state index in [0.717, 1.165) is 22.9 Å². The maximum atomic E-state index is 12.4. The van der Waals surface area contributed by atoms with Crippen molar-refractivity contribution in [3.8, 4) is 0 Å². The van der Waals surface area contributed by atoms with Gasteiger partial charge < -0.3 is 20.7 Å². The van der Waals surface area contributed by atoms with E-state index in [0.29, 0.717) is 13.0 Å². The molecule has 0 radical (unpaired) electrons. The van der Waals surface area contributed by atoms with Gasteiger partial charge in [-0.3, -0.25) is 4.79 Å². The number of aliphatic hydroxyl groups excluding tert-OH is 1. The van der Waals surface area contributed by atoms with Crippen LogP contribution in [0.1, 0.15) is 32.8 Å². The summed E-state index contributed by atoms with van der Waals surface area (Å²) in [5, 5.41) is 11.5. The van der Waals surface area contributed by atoms with Crippen LogP contribution in [0.15, 0.2) is 41.9 Å². The molecule has 1 aromatic carbocycles. The first kappa shape index (κ1) is 16.4. The molecule has 5 heteroatoms. The zero-order valence-corrected chi connectivity index (χ0v) is 14.5. The van der Waals surface area contributed by atoms with Crippen LogP contribution in [0.25, 0.3) is 10.9 Å². The number of aromatic nitrogens is 1. The number of carbonyl (C=O) groups excluding carboxylic acids is 1. The molecule has 0 aliphatic carbocycles. The van der Waals surface area contributed by atoms with Gasteiger partial charge in [-0.15, -0.1) is 0 Å². The Labute approximate surface area is 142 Å². The molecule has 0 saturated heterocycles. The number of aromatic amines is 1. The number of carbonyl (C=O) groups is 1. The number of para-hydroxylation sites is 1. The van der Waals surface area contributed by atoms with Gasteiger partial charge in [0.25, 0.3) is 5.91 Å². The minimum absolute atomic E-state index is 0.000750. The second-order valence-electron chi connectivity index (χ2n) is 7.69. The van der Waals surface area contributed by atoms with E-state index in [1.54, 1.807) is 4.90 Å². The molecule has 2 heterocycles. The zero-order chi connectivity index (χ0) is 17.5. The lowest BCUT2D eigenvalue weighted by molar-refractivity contribution is -0.127. The monoisotopic (exact) mass is 327 g/mol. The van der Waals surface area contributed by atoms with Crippen LogP contribution in [0.5, 0.6) is 0 Å². The molecule has 1 aliphatic rings. The number of nitrogens with one attached hydrogen (secondary N) is 1. The first-order chi connectivity index (χ1) is 11.3. The van der Waals surface area contributed by atoms with Gasteiger partial charge in [0, 0.05) is 30.1 Å². The third kappa shape index (κ3) is 2.98. The maximum Gasteiger partial charge on any atom is 0.273 e. The van der Waals surface area contributed by atoms with Gasteiger partial charge in [0.2, 0.25) is 0 Å². The lowest BCUT2D eigenvalue weighted by Crippen LogP contribution is -2.39. The number of amides is 1. The standard InChI is InChI=1S/C19H25N3O2/c1-19(2,3)8-9-22-15(17(23)16(20)18(22)24)10-12-11-21-14-7-5-4-6-13(12)14/h4-7,11,15,21,23H,8-10,20H2,1-3H3. The zero-order valence-electron chi connectivity index (χ0n) is 14.5. The fourth-order valence-electron chi connectivity index (χ4n) is 3.16. The van der Waals surface area contributed by atoms with Gasteiger partial charge in [-0.25, -0.2) is 0 Å². The highest BCUT2D eigenvalue weighted by Gasteiger charge is 2.38. The molecular formula is C19H25N3O2. The van der Waals surface area contributed by atoms with E-state index >= 15 is 0 Å². The van der Waals surface area contributed by atoms with Crippen molar-refractivity contribution in [2.75, 3.05) is 6.54 Å². The Bertz CT molecular complexity index is 798. The second kappa shape index (κ2) is 5.89. The summed E-state index contributed by atoms with van der Waals surface area (Å²) in [6.07, 6.45) is 3.34. The number of fused-ring (bicyclic) bond motifs is 1. The van der Waals surface area contributed by atoms with E-state index < -0.39 is 0 Å². The van der Waals surface area contributed by atoms with Crippen molar-refractivity contribution in [1.29, 1.82) is 0 Å². The summed E-state index contributed by atoms with van der Waals surface area (Å²) in [7, 11) is 0. The van der Waals surface area contributed by atoms with E-state index in [2.05, 4.69) is 25.8 Å². The van der Waals surface area contributed by atoms with Gasteiger partial charge in [-0.1, -0.05) is 39.0 Å². The van der Waals surface area contributed by atoms with Gasteiger partial charge in [0.15, 0.2) is 0 Å². The van der Waals surface area contributed by atoms with E-state index in [-0.39, 0.29) is 28.8 Å². The van der Waals surface area contributed by atoms with E-state index in [4.69, 9.17) is 5.73 Å². The van der Waals surface area contributed by atoms with Crippen molar-refractivity contribution in [1.82, 2.24) is 9.88 Å². The van der Waals surface area contributed by atoms with Gasteiger partial charge in [-0.2, -0.15) is 0 Å². The Balaban J connectivity index is 1.86. The van der Waals surface area contributed by atoms with Crippen LogP contribution < -0.4 is 5.73 Å². The third-order valence-electron chi connectivity index (χ3n) is 4.65. The number of nitrogens with two attached hydrogens (primary N) is 1. The molecule has 0 saturated carbocycles. The second-order valence-corrected chi connectivity index (χ2v) is 7.69. The first-order valence-corrected chi connectivity index (χ1v) is 8.32. The number of hydrogen-bond acceptors (Lipinski definition) is 3. The van der Waals surface area contributed by atoms with Crippen LogP contribution in [-0.2, 0) is 11.2 Å². The van der Waals surface area contributed by atoms with Crippen LogP contribution in [0, 0.1) is 5.41 Å². The number of aliphatic hydroxyl groups is 1. The molecule has 1 amide bonds. The number of benzene rings is 1. The maximum absolute atomic E-state index is 12.4. The largest absolute Gasteiger partial charge is 0.508 e. The predicted molar refractivity (Wildman–Crippen MR) is 95.4 cm³/mol. The molecule has 0 bridgehead atoms. The minimum Gasteiger partial charge on any atom is -0.508 e. The fourth-order valence-corrected chi connectivity index (χ4v) is 3.16. The van der Waals surface area contributed by atoms with E-state index in [1.165, 1.54) is 0 Å². The topological polar surface area (TPSA) is 82.3 Å². The highest BCUT2D eigenvalue weighted by molar-refractivity contribution is 5.96. The van der Waals surface area contributed by atoms with Crippen LogP contribution >= 0.6 is 0 Å². The lowest BCUT2D eigenvalue weighted by atomic mass is 9.92. The molecular weight excluding hydrogens is 302 g/mol. The summed E-state index contributed by atoms with van der Waals surface area (Å²) in [4.78, 5) is 17.4.